The summed E-state index contributed by atoms with van der Waals surface area (Å²) in [4.78, 5) is 25.4. The average molecular weight is 537 g/mol. The maximum Gasteiger partial charge on any atom is 0.316 e. The highest BCUT2D eigenvalue weighted by Gasteiger charge is 2.52. The van der Waals surface area contributed by atoms with Crippen LogP contribution in [0.25, 0.3) is 0 Å². The Hall–Kier alpha value is -3.69. The molecule has 0 aliphatic heterocycles. The Morgan fingerprint density at radius 2 is 1.61 bits per heavy atom. The van der Waals surface area contributed by atoms with Crippen LogP contribution in [0.4, 0.5) is 5.69 Å². The van der Waals surface area contributed by atoms with E-state index in [-0.39, 0.29) is 24.0 Å². The molecule has 0 heterocycles. The van der Waals surface area contributed by atoms with Crippen molar-refractivity contribution in [2.45, 2.75) is 36.5 Å². The first-order valence-corrected chi connectivity index (χ1v) is 14.0. The van der Waals surface area contributed by atoms with E-state index in [0.29, 0.717) is 24.5 Å². The molecular weight excluding hydrogens is 504 g/mol. The number of nitrogens with one attached hydrogen (secondary N) is 1. The molecule has 0 unspecified atom stereocenters. The van der Waals surface area contributed by atoms with Crippen molar-refractivity contribution in [1.29, 1.82) is 0 Å². The lowest BCUT2D eigenvalue weighted by Crippen LogP contribution is -2.39. The van der Waals surface area contributed by atoms with Crippen molar-refractivity contribution < 1.29 is 27.5 Å². The highest BCUT2D eigenvalue weighted by Crippen LogP contribution is 2.49. The SMILES string of the molecule is CCOC(=O)C1(c2ccc(NC(=O)CN(CCc3ccccc3)S(=O)(=O)c3ccc(OC)cc3)cc2)CC1. The molecule has 9 heteroatoms. The fraction of sp³-hybridized carbons (Fsp3) is 0.310. The van der Waals surface area contributed by atoms with E-state index in [1.54, 1.807) is 43.3 Å². The van der Waals surface area contributed by atoms with E-state index in [4.69, 9.17) is 9.47 Å². The molecule has 1 fully saturated rings. The van der Waals surface area contributed by atoms with Crippen LogP contribution in [0, 0.1) is 0 Å². The minimum atomic E-state index is -3.95. The van der Waals surface area contributed by atoms with Crippen LogP contribution in [0.3, 0.4) is 0 Å². The molecule has 0 spiro atoms. The average Bonchev–Trinajstić information content (AvgIpc) is 3.74. The summed E-state index contributed by atoms with van der Waals surface area (Å²) in [5.74, 6) is -0.152. The minimum Gasteiger partial charge on any atom is -0.497 e. The number of esters is 1. The van der Waals surface area contributed by atoms with Gasteiger partial charge in [0.15, 0.2) is 0 Å². The molecule has 1 N–H and O–H groups in total. The van der Waals surface area contributed by atoms with E-state index in [2.05, 4.69) is 5.32 Å². The zero-order valence-electron chi connectivity index (χ0n) is 21.6. The predicted octanol–water partition coefficient (Wildman–Crippen LogP) is 4.16. The number of benzene rings is 3. The van der Waals surface area contributed by atoms with E-state index < -0.39 is 21.3 Å². The third kappa shape index (κ3) is 6.23. The first-order chi connectivity index (χ1) is 18.3. The number of methoxy groups -OCH3 is 1. The molecule has 0 bridgehead atoms. The molecule has 38 heavy (non-hydrogen) atoms. The number of nitrogens with zero attached hydrogens (tertiary/aromatic N) is 1. The first-order valence-electron chi connectivity index (χ1n) is 12.5. The standard InChI is InChI=1S/C29H32N2O6S/c1-3-37-28(33)29(18-19-29)23-9-11-24(12-10-23)30-27(32)21-31(20-17-22-7-5-4-6-8-22)38(34,35)26-15-13-25(36-2)14-16-26/h4-16H,3,17-21H2,1-2H3,(H,30,32). The van der Waals surface area contributed by atoms with Gasteiger partial charge in [-0.25, -0.2) is 8.42 Å². The minimum absolute atomic E-state index is 0.0808. The Labute approximate surface area is 223 Å². The van der Waals surface area contributed by atoms with E-state index in [9.17, 15) is 18.0 Å². The van der Waals surface area contributed by atoms with Crippen LogP contribution in [-0.4, -0.2) is 51.4 Å². The lowest BCUT2D eigenvalue weighted by molar-refractivity contribution is -0.146. The molecule has 0 aromatic heterocycles. The van der Waals surface area contributed by atoms with Gasteiger partial charge in [-0.05, 0) is 73.7 Å². The quantitative estimate of drug-likeness (QED) is 0.349. The number of carbonyl (C=O) groups excluding carboxylic acids is 2. The Balaban J connectivity index is 1.48. The van der Waals surface area contributed by atoms with Crippen LogP contribution in [0.1, 0.15) is 30.9 Å². The molecule has 8 nitrogen and oxygen atoms in total. The molecule has 1 saturated carbocycles. The maximum atomic E-state index is 13.5. The molecule has 1 aliphatic carbocycles. The Bertz CT molecular complexity index is 1350. The van der Waals surface area contributed by atoms with Crippen molar-refractivity contribution in [2.24, 2.45) is 0 Å². The molecule has 1 amide bonds. The van der Waals surface area contributed by atoms with E-state index in [1.165, 1.54) is 23.5 Å². The van der Waals surface area contributed by atoms with Gasteiger partial charge in [-0.2, -0.15) is 4.31 Å². The van der Waals surface area contributed by atoms with Crippen LogP contribution < -0.4 is 10.1 Å². The fourth-order valence-corrected chi connectivity index (χ4v) is 5.71. The predicted molar refractivity (Wildman–Crippen MR) is 145 cm³/mol. The van der Waals surface area contributed by atoms with Crippen LogP contribution in [0.5, 0.6) is 5.75 Å². The number of sulfonamides is 1. The largest absolute Gasteiger partial charge is 0.497 e. The number of carbonyl (C=O) groups is 2. The normalized spacial score (nSPS) is 14.1. The molecule has 3 aromatic carbocycles. The number of rotatable bonds is 12. The Morgan fingerprint density at radius 3 is 2.18 bits per heavy atom. The lowest BCUT2D eigenvalue weighted by atomic mass is 9.96. The van der Waals surface area contributed by atoms with Crippen LogP contribution in [-0.2, 0) is 36.2 Å². The van der Waals surface area contributed by atoms with Gasteiger partial charge < -0.3 is 14.8 Å². The summed E-state index contributed by atoms with van der Waals surface area (Å²) in [6.07, 6.45) is 1.92. The van der Waals surface area contributed by atoms with Gasteiger partial charge in [-0.1, -0.05) is 42.5 Å². The summed E-state index contributed by atoms with van der Waals surface area (Å²) in [5.41, 5.74) is 1.73. The number of hydrogen-bond donors (Lipinski definition) is 1. The highest BCUT2D eigenvalue weighted by molar-refractivity contribution is 7.89. The van der Waals surface area contributed by atoms with Crippen LogP contribution >= 0.6 is 0 Å². The molecule has 3 aromatic rings. The molecule has 0 saturated heterocycles. The summed E-state index contributed by atoms with van der Waals surface area (Å²) in [6, 6.07) is 22.7. The van der Waals surface area contributed by atoms with Crippen molar-refractivity contribution in [2.75, 3.05) is 32.1 Å². The van der Waals surface area contributed by atoms with Gasteiger partial charge in [0, 0.05) is 12.2 Å². The molecule has 200 valence electrons. The molecule has 0 radical (unpaired) electrons. The van der Waals surface area contributed by atoms with Crippen LogP contribution in [0.2, 0.25) is 0 Å². The van der Waals surface area contributed by atoms with E-state index in [0.717, 1.165) is 24.0 Å². The summed E-state index contributed by atoms with van der Waals surface area (Å²) in [7, 11) is -2.44. The maximum absolute atomic E-state index is 13.5. The summed E-state index contributed by atoms with van der Waals surface area (Å²) in [5, 5.41) is 2.78. The second kappa shape index (κ2) is 11.8. The van der Waals surface area contributed by atoms with Gasteiger partial charge in [-0.3, -0.25) is 9.59 Å². The third-order valence-corrected chi connectivity index (χ3v) is 8.51. The smallest absolute Gasteiger partial charge is 0.316 e. The van der Waals surface area contributed by atoms with Gasteiger partial charge in [0.2, 0.25) is 15.9 Å². The molecular formula is C29H32N2O6S. The lowest BCUT2D eigenvalue weighted by Gasteiger charge is -2.22. The zero-order chi connectivity index (χ0) is 27.2. The van der Waals surface area contributed by atoms with Crippen molar-refractivity contribution >= 4 is 27.6 Å². The summed E-state index contributed by atoms with van der Waals surface area (Å²) >= 11 is 0. The van der Waals surface area contributed by atoms with Gasteiger partial charge in [0.1, 0.15) is 5.75 Å². The van der Waals surface area contributed by atoms with Crippen molar-refractivity contribution in [3.05, 3.63) is 90.0 Å². The highest BCUT2D eigenvalue weighted by atomic mass is 32.2. The fourth-order valence-electron chi connectivity index (χ4n) is 4.32. The summed E-state index contributed by atoms with van der Waals surface area (Å²) in [6.45, 7) is 1.89. The van der Waals surface area contributed by atoms with Gasteiger partial charge in [0.05, 0.1) is 30.6 Å². The van der Waals surface area contributed by atoms with Crippen LogP contribution in [0.15, 0.2) is 83.8 Å². The number of anilines is 1. The van der Waals surface area contributed by atoms with Gasteiger partial charge >= 0.3 is 5.97 Å². The monoisotopic (exact) mass is 536 g/mol. The second-order valence-electron chi connectivity index (χ2n) is 9.18. The van der Waals surface area contributed by atoms with Crippen molar-refractivity contribution in [3.8, 4) is 5.75 Å². The third-order valence-electron chi connectivity index (χ3n) is 6.65. The Kier molecular flexibility index (Phi) is 8.48. The first kappa shape index (κ1) is 27.3. The van der Waals surface area contributed by atoms with Gasteiger partial charge in [-0.15, -0.1) is 0 Å². The molecule has 0 atom stereocenters. The number of hydrogen-bond acceptors (Lipinski definition) is 6. The van der Waals surface area contributed by atoms with Crippen molar-refractivity contribution in [1.82, 2.24) is 4.31 Å². The van der Waals surface area contributed by atoms with E-state index in [1.807, 2.05) is 30.3 Å². The zero-order valence-corrected chi connectivity index (χ0v) is 22.4. The number of amides is 1. The molecule has 1 aliphatic rings. The molecule has 4 rings (SSSR count). The van der Waals surface area contributed by atoms with Gasteiger partial charge in [0.25, 0.3) is 0 Å². The van der Waals surface area contributed by atoms with Crippen molar-refractivity contribution in [3.63, 3.8) is 0 Å². The topological polar surface area (TPSA) is 102 Å². The second-order valence-corrected chi connectivity index (χ2v) is 11.1. The Morgan fingerprint density at radius 1 is 0.947 bits per heavy atom. The van der Waals surface area contributed by atoms with E-state index >= 15 is 0 Å². The summed E-state index contributed by atoms with van der Waals surface area (Å²) < 4.78 is 38.5. The number of ether oxygens (including phenoxy) is 2.